The van der Waals surface area contributed by atoms with Crippen molar-refractivity contribution in [3.63, 3.8) is 0 Å². The van der Waals surface area contributed by atoms with E-state index in [1.807, 2.05) is 13.8 Å². The molecule has 20 heavy (non-hydrogen) atoms. The Balaban J connectivity index is 3.17. The highest BCUT2D eigenvalue weighted by molar-refractivity contribution is 5.81. The Hall–Kier alpha value is -0.980. The number of amides is 1. The Morgan fingerprint density at radius 3 is 2.10 bits per heavy atom. The van der Waals surface area contributed by atoms with E-state index in [0.717, 1.165) is 6.42 Å². The first-order chi connectivity index (χ1) is 9.57. The van der Waals surface area contributed by atoms with Crippen LogP contribution < -0.4 is 5.32 Å². The second-order valence-electron chi connectivity index (χ2n) is 4.54. The standard InChI is InChI=1S/C14H27NO5/c1-4-12(2)14(17)11-20-10-9-19-8-7-18-6-5-15-13(3)16/h12H,4-11H2,1-3H3,(H,15,16). The molecule has 0 fully saturated rings. The van der Waals surface area contributed by atoms with Gasteiger partial charge in [-0.1, -0.05) is 13.8 Å². The first-order valence-electron chi connectivity index (χ1n) is 7.08. The summed E-state index contributed by atoms with van der Waals surface area (Å²) in [6.07, 6.45) is 0.842. The maximum atomic E-state index is 11.4. The topological polar surface area (TPSA) is 73.9 Å². The number of hydrogen-bond donors (Lipinski definition) is 1. The highest BCUT2D eigenvalue weighted by Gasteiger charge is 2.09. The Labute approximate surface area is 121 Å². The quantitative estimate of drug-likeness (QED) is 0.507. The average Bonchev–Trinajstić information content (AvgIpc) is 2.43. The molecular weight excluding hydrogens is 262 g/mol. The van der Waals surface area contributed by atoms with Crippen LogP contribution >= 0.6 is 0 Å². The van der Waals surface area contributed by atoms with Gasteiger partial charge in [0.25, 0.3) is 0 Å². The summed E-state index contributed by atoms with van der Waals surface area (Å²) >= 11 is 0. The van der Waals surface area contributed by atoms with E-state index < -0.39 is 0 Å². The van der Waals surface area contributed by atoms with Crippen LogP contribution in [-0.4, -0.2) is 57.9 Å². The molecule has 0 saturated carbocycles. The minimum atomic E-state index is -0.0612. The van der Waals surface area contributed by atoms with Gasteiger partial charge in [0.05, 0.1) is 33.0 Å². The molecule has 1 unspecified atom stereocenters. The first kappa shape index (κ1) is 19.0. The summed E-state index contributed by atoms with van der Waals surface area (Å²) in [7, 11) is 0. The Bertz CT molecular complexity index is 270. The molecule has 0 heterocycles. The van der Waals surface area contributed by atoms with Crippen LogP contribution in [0.15, 0.2) is 0 Å². The van der Waals surface area contributed by atoms with E-state index in [0.29, 0.717) is 39.6 Å². The maximum absolute atomic E-state index is 11.4. The Kier molecular flexibility index (Phi) is 12.4. The summed E-state index contributed by atoms with van der Waals surface area (Å²) < 4.78 is 15.7. The van der Waals surface area contributed by atoms with Crippen molar-refractivity contribution in [3.05, 3.63) is 0 Å². The van der Waals surface area contributed by atoms with Crippen LogP contribution in [-0.2, 0) is 23.8 Å². The van der Waals surface area contributed by atoms with E-state index in [2.05, 4.69) is 5.32 Å². The lowest BCUT2D eigenvalue weighted by Gasteiger charge is -2.09. The molecule has 6 heteroatoms. The van der Waals surface area contributed by atoms with Gasteiger partial charge in [-0.3, -0.25) is 9.59 Å². The molecule has 118 valence electrons. The molecule has 0 radical (unpaired) electrons. The van der Waals surface area contributed by atoms with E-state index in [-0.39, 0.29) is 24.2 Å². The summed E-state index contributed by atoms with van der Waals surface area (Å²) in [6, 6.07) is 0. The molecule has 1 atom stereocenters. The van der Waals surface area contributed by atoms with E-state index in [1.165, 1.54) is 6.92 Å². The summed E-state index contributed by atoms with van der Waals surface area (Å²) in [5.74, 6) is 0.135. The number of Topliss-reactive ketones (excluding diaryl/α,β-unsaturated/α-hetero) is 1. The molecule has 0 saturated heterocycles. The third-order valence-electron chi connectivity index (χ3n) is 2.77. The van der Waals surface area contributed by atoms with Crippen molar-refractivity contribution in [3.8, 4) is 0 Å². The van der Waals surface area contributed by atoms with E-state index >= 15 is 0 Å². The normalized spacial score (nSPS) is 12.2. The molecule has 0 bridgehead atoms. The Morgan fingerprint density at radius 1 is 1.00 bits per heavy atom. The summed E-state index contributed by atoms with van der Waals surface area (Å²) in [5.41, 5.74) is 0. The van der Waals surface area contributed by atoms with Gasteiger partial charge < -0.3 is 19.5 Å². The number of carbonyl (C=O) groups excluding carboxylic acids is 2. The second-order valence-corrected chi connectivity index (χ2v) is 4.54. The van der Waals surface area contributed by atoms with Crippen LogP contribution in [0.4, 0.5) is 0 Å². The van der Waals surface area contributed by atoms with Gasteiger partial charge in [0.2, 0.25) is 5.91 Å². The third-order valence-corrected chi connectivity index (χ3v) is 2.77. The fourth-order valence-electron chi connectivity index (χ4n) is 1.28. The molecule has 0 aromatic rings. The van der Waals surface area contributed by atoms with Crippen molar-refractivity contribution in [2.75, 3.05) is 46.2 Å². The zero-order valence-corrected chi connectivity index (χ0v) is 12.8. The SMILES string of the molecule is CCC(C)C(=O)COCCOCCOCCNC(C)=O. The van der Waals surface area contributed by atoms with E-state index in [9.17, 15) is 9.59 Å². The molecule has 1 amide bonds. The van der Waals surface area contributed by atoms with E-state index in [1.54, 1.807) is 0 Å². The molecule has 0 spiro atoms. The number of rotatable bonds is 13. The lowest BCUT2D eigenvalue weighted by Crippen LogP contribution is -2.25. The third kappa shape index (κ3) is 12.1. The molecule has 0 aliphatic heterocycles. The van der Waals surface area contributed by atoms with E-state index in [4.69, 9.17) is 14.2 Å². The van der Waals surface area contributed by atoms with Crippen molar-refractivity contribution < 1.29 is 23.8 Å². The van der Waals surface area contributed by atoms with Crippen LogP contribution in [0.3, 0.4) is 0 Å². The lowest BCUT2D eigenvalue weighted by molar-refractivity contribution is -0.127. The summed E-state index contributed by atoms with van der Waals surface area (Å²) in [5, 5.41) is 2.63. The van der Waals surface area contributed by atoms with Crippen molar-refractivity contribution in [2.45, 2.75) is 27.2 Å². The van der Waals surface area contributed by atoms with Crippen LogP contribution in [0.5, 0.6) is 0 Å². The van der Waals surface area contributed by atoms with Gasteiger partial charge in [-0.25, -0.2) is 0 Å². The molecule has 0 aromatic heterocycles. The first-order valence-corrected chi connectivity index (χ1v) is 7.08. The van der Waals surface area contributed by atoms with Crippen molar-refractivity contribution in [1.29, 1.82) is 0 Å². The van der Waals surface area contributed by atoms with Crippen LogP contribution in [0, 0.1) is 5.92 Å². The number of ketones is 1. The number of carbonyl (C=O) groups is 2. The predicted molar refractivity (Wildman–Crippen MR) is 75.6 cm³/mol. The Morgan fingerprint density at radius 2 is 1.55 bits per heavy atom. The predicted octanol–water partition coefficient (Wildman–Crippen LogP) is 0.788. The van der Waals surface area contributed by atoms with Gasteiger partial charge in [-0.15, -0.1) is 0 Å². The van der Waals surface area contributed by atoms with Crippen molar-refractivity contribution in [2.24, 2.45) is 5.92 Å². The monoisotopic (exact) mass is 289 g/mol. The van der Waals surface area contributed by atoms with Crippen molar-refractivity contribution in [1.82, 2.24) is 5.32 Å². The highest BCUT2D eigenvalue weighted by atomic mass is 16.5. The average molecular weight is 289 g/mol. The largest absolute Gasteiger partial charge is 0.377 e. The van der Waals surface area contributed by atoms with Gasteiger partial charge in [0, 0.05) is 19.4 Å². The minimum Gasteiger partial charge on any atom is -0.377 e. The van der Waals surface area contributed by atoms with Gasteiger partial charge in [0.1, 0.15) is 6.61 Å². The lowest BCUT2D eigenvalue weighted by atomic mass is 10.1. The highest BCUT2D eigenvalue weighted by Crippen LogP contribution is 2.01. The fraction of sp³-hybridized carbons (Fsp3) is 0.857. The fourth-order valence-corrected chi connectivity index (χ4v) is 1.28. The summed E-state index contributed by atoms with van der Waals surface area (Å²) in [6.45, 7) is 8.31. The summed E-state index contributed by atoms with van der Waals surface area (Å²) in [4.78, 5) is 22.0. The number of nitrogens with one attached hydrogen (secondary N) is 1. The number of hydrogen-bond acceptors (Lipinski definition) is 5. The van der Waals surface area contributed by atoms with Gasteiger partial charge >= 0.3 is 0 Å². The molecule has 0 rings (SSSR count). The molecule has 0 aliphatic carbocycles. The van der Waals surface area contributed by atoms with Gasteiger partial charge in [-0.05, 0) is 6.42 Å². The maximum Gasteiger partial charge on any atom is 0.216 e. The van der Waals surface area contributed by atoms with Crippen LogP contribution in [0.25, 0.3) is 0 Å². The zero-order chi connectivity index (χ0) is 15.2. The smallest absolute Gasteiger partial charge is 0.216 e. The minimum absolute atomic E-state index is 0.0612. The van der Waals surface area contributed by atoms with Crippen LogP contribution in [0.2, 0.25) is 0 Å². The molecule has 0 aliphatic rings. The molecule has 0 aromatic carbocycles. The second kappa shape index (κ2) is 13.0. The van der Waals surface area contributed by atoms with Crippen molar-refractivity contribution >= 4 is 11.7 Å². The molecular formula is C14H27NO5. The number of ether oxygens (including phenoxy) is 3. The molecule has 6 nitrogen and oxygen atoms in total. The van der Waals surface area contributed by atoms with Gasteiger partial charge in [-0.2, -0.15) is 0 Å². The van der Waals surface area contributed by atoms with Crippen LogP contribution in [0.1, 0.15) is 27.2 Å². The van der Waals surface area contributed by atoms with Gasteiger partial charge in [0.15, 0.2) is 5.78 Å². The molecule has 1 N–H and O–H groups in total. The zero-order valence-electron chi connectivity index (χ0n) is 12.8.